The van der Waals surface area contributed by atoms with Crippen LogP contribution >= 0.6 is 27.7 Å². The third kappa shape index (κ3) is 4.79. The highest BCUT2D eigenvalue weighted by molar-refractivity contribution is 9.10. The summed E-state index contributed by atoms with van der Waals surface area (Å²) in [6.45, 7) is 0.571. The molecule has 0 saturated carbocycles. The Morgan fingerprint density at radius 3 is 2.33 bits per heavy atom. The highest BCUT2D eigenvalue weighted by Gasteiger charge is 2.09. The molecule has 2 aromatic carbocycles. The first kappa shape index (κ1) is 15.9. The number of amides is 2. The van der Waals surface area contributed by atoms with Gasteiger partial charge in [-0.15, -0.1) is 11.8 Å². The van der Waals surface area contributed by atoms with Gasteiger partial charge in [0.05, 0.1) is 0 Å². The van der Waals surface area contributed by atoms with Crippen molar-refractivity contribution in [2.45, 2.75) is 11.4 Å². The molecule has 0 fully saturated rings. The zero-order valence-corrected chi connectivity index (χ0v) is 14.4. The standard InChI is InChI=1S/C16H17BrN2OS/c1-19(11-12-3-5-13(17)6-4-12)16(20)18-14-7-9-15(21-2)10-8-14/h3-10H,11H2,1-2H3,(H,18,20). The van der Waals surface area contributed by atoms with E-state index in [-0.39, 0.29) is 6.03 Å². The number of halogens is 1. The van der Waals surface area contributed by atoms with Crippen LogP contribution in [0.25, 0.3) is 0 Å². The topological polar surface area (TPSA) is 32.3 Å². The normalized spacial score (nSPS) is 10.2. The molecular formula is C16H17BrN2OS. The van der Waals surface area contributed by atoms with Crippen LogP contribution in [0.4, 0.5) is 10.5 Å². The minimum absolute atomic E-state index is 0.116. The van der Waals surface area contributed by atoms with Crippen LogP contribution in [0, 0.1) is 0 Å². The minimum atomic E-state index is -0.116. The van der Waals surface area contributed by atoms with E-state index in [0.29, 0.717) is 6.54 Å². The minimum Gasteiger partial charge on any atom is -0.323 e. The molecule has 3 nitrogen and oxygen atoms in total. The summed E-state index contributed by atoms with van der Waals surface area (Å²) >= 11 is 5.08. The maximum atomic E-state index is 12.1. The number of anilines is 1. The SMILES string of the molecule is CSc1ccc(NC(=O)N(C)Cc2ccc(Br)cc2)cc1. The Morgan fingerprint density at radius 1 is 1.14 bits per heavy atom. The number of urea groups is 1. The van der Waals surface area contributed by atoms with E-state index in [0.717, 1.165) is 15.7 Å². The molecular weight excluding hydrogens is 348 g/mol. The van der Waals surface area contributed by atoms with Crippen molar-refractivity contribution in [3.63, 3.8) is 0 Å². The summed E-state index contributed by atoms with van der Waals surface area (Å²) in [5.41, 5.74) is 1.90. The van der Waals surface area contributed by atoms with E-state index in [1.54, 1.807) is 23.7 Å². The highest BCUT2D eigenvalue weighted by Crippen LogP contribution is 2.18. The van der Waals surface area contributed by atoms with Gasteiger partial charge in [-0.1, -0.05) is 28.1 Å². The van der Waals surface area contributed by atoms with E-state index < -0.39 is 0 Å². The first-order chi connectivity index (χ1) is 10.1. The molecule has 2 rings (SSSR count). The number of carbonyl (C=O) groups excluding carboxylic acids is 1. The lowest BCUT2D eigenvalue weighted by Crippen LogP contribution is -2.30. The van der Waals surface area contributed by atoms with E-state index in [4.69, 9.17) is 0 Å². The lowest BCUT2D eigenvalue weighted by Gasteiger charge is -2.18. The molecule has 0 bridgehead atoms. The van der Waals surface area contributed by atoms with Crippen LogP contribution in [0.2, 0.25) is 0 Å². The lowest BCUT2D eigenvalue weighted by molar-refractivity contribution is 0.220. The van der Waals surface area contributed by atoms with Gasteiger partial charge < -0.3 is 10.2 Å². The summed E-state index contributed by atoms with van der Waals surface area (Å²) in [5.74, 6) is 0. The van der Waals surface area contributed by atoms with Crippen molar-refractivity contribution >= 4 is 39.4 Å². The van der Waals surface area contributed by atoms with Gasteiger partial charge in [0.25, 0.3) is 0 Å². The molecule has 2 amide bonds. The summed E-state index contributed by atoms with van der Waals surface area (Å²) in [5, 5.41) is 2.89. The van der Waals surface area contributed by atoms with E-state index in [1.807, 2.05) is 54.8 Å². The van der Waals surface area contributed by atoms with Crippen molar-refractivity contribution in [3.05, 3.63) is 58.6 Å². The van der Waals surface area contributed by atoms with Crippen LogP contribution in [-0.4, -0.2) is 24.2 Å². The molecule has 0 atom stereocenters. The summed E-state index contributed by atoms with van der Waals surface area (Å²) in [6, 6.07) is 15.7. The number of benzene rings is 2. The van der Waals surface area contributed by atoms with Crippen molar-refractivity contribution in [1.82, 2.24) is 4.90 Å². The quantitative estimate of drug-likeness (QED) is 0.787. The summed E-state index contributed by atoms with van der Waals surface area (Å²) in [6.07, 6.45) is 2.03. The van der Waals surface area contributed by atoms with Gasteiger partial charge in [-0.2, -0.15) is 0 Å². The fourth-order valence-electron chi connectivity index (χ4n) is 1.83. The van der Waals surface area contributed by atoms with Gasteiger partial charge >= 0.3 is 6.03 Å². The fourth-order valence-corrected chi connectivity index (χ4v) is 2.50. The number of carbonyl (C=O) groups is 1. The molecule has 2 aromatic rings. The lowest BCUT2D eigenvalue weighted by atomic mass is 10.2. The molecule has 0 saturated heterocycles. The molecule has 21 heavy (non-hydrogen) atoms. The monoisotopic (exact) mass is 364 g/mol. The molecule has 0 heterocycles. The van der Waals surface area contributed by atoms with Crippen LogP contribution in [0.15, 0.2) is 57.9 Å². The number of thioether (sulfide) groups is 1. The Kier molecular flexibility index (Phi) is 5.70. The van der Waals surface area contributed by atoms with Gasteiger partial charge in [-0.05, 0) is 48.2 Å². The highest BCUT2D eigenvalue weighted by atomic mass is 79.9. The second-order valence-electron chi connectivity index (χ2n) is 4.64. The third-order valence-corrected chi connectivity index (χ3v) is 4.29. The average Bonchev–Trinajstić information content (AvgIpc) is 2.50. The van der Waals surface area contributed by atoms with E-state index >= 15 is 0 Å². The van der Waals surface area contributed by atoms with Crippen molar-refractivity contribution in [2.24, 2.45) is 0 Å². The fraction of sp³-hybridized carbons (Fsp3) is 0.188. The smallest absolute Gasteiger partial charge is 0.321 e. The number of nitrogens with zero attached hydrogens (tertiary/aromatic N) is 1. The molecule has 0 aliphatic rings. The average molecular weight is 365 g/mol. The van der Waals surface area contributed by atoms with Gasteiger partial charge in [0, 0.05) is 28.6 Å². The van der Waals surface area contributed by atoms with Crippen molar-refractivity contribution in [2.75, 3.05) is 18.6 Å². The largest absolute Gasteiger partial charge is 0.323 e. The predicted molar refractivity (Wildman–Crippen MR) is 92.9 cm³/mol. The van der Waals surface area contributed by atoms with Gasteiger partial charge in [-0.25, -0.2) is 4.79 Å². The first-order valence-electron chi connectivity index (χ1n) is 6.49. The van der Waals surface area contributed by atoms with Gasteiger partial charge in [0.2, 0.25) is 0 Å². The Labute approximate surface area is 137 Å². The molecule has 0 unspecified atom stereocenters. The van der Waals surface area contributed by atoms with E-state index in [2.05, 4.69) is 21.2 Å². The second kappa shape index (κ2) is 7.52. The van der Waals surface area contributed by atoms with Crippen molar-refractivity contribution in [3.8, 4) is 0 Å². The van der Waals surface area contributed by atoms with Crippen molar-refractivity contribution in [1.29, 1.82) is 0 Å². The van der Waals surface area contributed by atoms with Crippen LogP contribution in [0.3, 0.4) is 0 Å². The third-order valence-electron chi connectivity index (χ3n) is 3.02. The maximum absolute atomic E-state index is 12.1. The van der Waals surface area contributed by atoms with Crippen LogP contribution in [0.5, 0.6) is 0 Å². The van der Waals surface area contributed by atoms with Crippen LogP contribution in [-0.2, 0) is 6.54 Å². The molecule has 0 radical (unpaired) electrons. The molecule has 0 aromatic heterocycles. The number of hydrogen-bond acceptors (Lipinski definition) is 2. The first-order valence-corrected chi connectivity index (χ1v) is 8.51. The zero-order chi connectivity index (χ0) is 15.2. The summed E-state index contributed by atoms with van der Waals surface area (Å²) < 4.78 is 1.03. The molecule has 0 aliphatic heterocycles. The second-order valence-corrected chi connectivity index (χ2v) is 6.44. The van der Waals surface area contributed by atoms with Crippen LogP contribution in [0.1, 0.15) is 5.56 Å². The Hall–Kier alpha value is -1.46. The molecule has 0 spiro atoms. The van der Waals surface area contributed by atoms with Crippen molar-refractivity contribution < 1.29 is 4.79 Å². The number of rotatable bonds is 4. The van der Waals surface area contributed by atoms with Crippen LogP contribution < -0.4 is 5.32 Å². The Bertz CT molecular complexity index is 599. The molecule has 0 aliphatic carbocycles. The maximum Gasteiger partial charge on any atom is 0.321 e. The predicted octanol–water partition coefficient (Wildman–Crippen LogP) is 4.83. The summed E-state index contributed by atoms with van der Waals surface area (Å²) in [7, 11) is 1.79. The molecule has 5 heteroatoms. The zero-order valence-electron chi connectivity index (χ0n) is 12.0. The Balaban J connectivity index is 1.93. The van der Waals surface area contributed by atoms with Gasteiger partial charge in [-0.3, -0.25) is 0 Å². The Morgan fingerprint density at radius 2 is 1.76 bits per heavy atom. The van der Waals surface area contributed by atoms with E-state index in [1.165, 1.54) is 4.90 Å². The van der Waals surface area contributed by atoms with Gasteiger partial charge in [0.1, 0.15) is 0 Å². The van der Waals surface area contributed by atoms with E-state index in [9.17, 15) is 4.79 Å². The number of nitrogens with one attached hydrogen (secondary N) is 1. The molecule has 1 N–H and O–H groups in total. The number of hydrogen-bond donors (Lipinski definition) is 1. The van der Waals surface area contributed by atoms with Gasteiger partial charge in [0.15, 0.2) is 0 Å². The summed E-state index contributed by atoms with van der Waals surface area (Å²) in [4.78, 5) is 15.0. The molecule has 110 valence electrons.